The third-order valence-corrected chi connectivity index (χ3v) is 5.33. The van der Waals surface area contributed by atoms with E-state index in [-0.39, 0.29) is 10.6 Å². The predicted octanol–water partition coefficient (Wildman–Crippen LogP) is 4.08. The third kappa shape index (κ3) is 5.13. The molecule has 0 fully saturated rings. The number of nitro groups is 1. The molecule has 0 saturated carbocycles. The first kappa shape index (κ1) is 19.0. The zero-order chi connectivity index (χ0) is 19.1. The van der Waals surface area contributed by atoms with Gasteiger partial charge in [-0.05, 0) is 25.3 Å². The molecule has 0 unspecified atom stereocenters. The lowest BCUT2D eigenvalue weighted by Crippen LogP contribution is -2.07. The molecular formula is C19H23N5O2S. The molecule has 142 valence electrons. The van der Waals surface area contributed by atoms with E-state index in [1.54, 1.807) is 24.3 Å². The van der Waals surface area contributed by atoms with Gasteiger partial charge in [0.25, 0.3) is 0 Å². The third-order valence-electron chi connectivity index (χ3n) is 4.36. The number of hydrogen-bond acceptors (Lipinski definition) is 5. The molecule has 0 spiro atoms. The average molecular weight is 385 g/mol. The Balaban J connectivity index is 1.51. The Bertz CT molecular complexity index is 875. The summed E-state index contributed by atoms with van der Waals surface area (Å²) in [5.74, 6) is 2.15. The van der Waals surface area contributed by atoms with Gasteiger partial charge in [0, 0.05) is 29.9 Å². The first-order valence-corrected chi connectivity index (χ1v) is 9.99. The molecule has 7 nitrogen and oxygen atoms in total. The van der Waals surface area contributed by atoms with Gasteiger partial charge in [-0.15, -0.1) is 0 Å². The highest BCUT2D eigenvalue weighted by Crippen LogP contribution is 2.29. The van der Waals surface area contributed by atoms with Crippen molar-refractivity contribution in [3.05, 3.63) is 75.5 Å². The monoisotopic (exact) mass is 385 g/mol. The summed E-state index contributed by atoms with van der Waals surface area (Å²) in [4.78, 5) is 21.6. The summed E-state index contributed by atoms with van der Waals surface area (Å²) >= 11 is 1.74. The topological polar surface area (TPSA) is 99.6 Å². The molecule has 3 aromatic rings. The summed E-state index contributed by atoms with van der Waals surface area (Å²) in [7, 11) is 0. The van der Waals surface area contributed by atoms with Crippen LogP contribution in [0.2, 0.25) is 0 Å². The van der Waals surface area contributed by atoms with E-state index < -0.39 is 0 Å². The molecule has 27 heavy (non-hydrogen) atoms. The van der Waals surface area contributed by atoms with Crippen LogP contribution in [-0.4, -0.2) is 32.2 Å². The van der Waals surface area contributed by atoms with Crippen molar-refractivity contribution < 1.29 is 4.92 Å². The van der Waals surface area contributed by atoms with Gasteiger partial charge in [0.15, 0.2) is 5.82 Å². The minimum Gasteiger partial charge on any atom is -0.365 e. The fourth-order valence-corrected chi connectivity index (χ4v) is 3.74. The summed E-state index contributed by atoms with van der Waals surface area (Å²) in [5.41, 5.74) is 4.19. The molecule has 0 amide bonds. The van der Waals surface area contributed by atoms with Crippen LogP contribution in [0, 0.1) is 17.0 Å². The Morgan fingerprint density at radius 2 is 2.04 bits per heavy atom. The van der Waals surface area contributed by atoms with Gasteiger partial charge in [-0.1, -0.05) is 30.3 Å². The van der Waals surface area contributed by atoms with E-state index in [9.17, 15) is 10.1 Å². The van der Waals surface area contributed by atoms with Crippen LogP contribution in [0.1, 0.15) is 22.5 Å². The highest BCUT2D eigenvalue weighted by atomic mass is 32.2. The van der Waals surface area contributed by atoms with Gasteiger partial charge in [0.05, 0.1) is 22.5 Å². The van der Waals surface area contributed by atoms with E-state index in [1.165, 1.54) is 5.56 Å². The number of imidazole rings is 1. The fraction of sp³-hybridized carbons (Fsp3) is 0.316. The maximum Gasteiger partial charge on any atom is 0.313 e. The van der Waals surface area contributed by atoms with Gasteiger partial charge in [-0.25, -0.2) is 4.98 Å². The summed E-state index contributed by atoms with van der Waals surface area (Å²) in [6.45, 7) is 2.65. The molecule has 0 saturated heterocycles. The molecule has 2 aromatic heterocycles. The molecule has 2 heterocycles. The molecule has 0 atom stereocenters. The number of nitrogens with one attached hydrogen (secondary N) is 3. The van der Waals surface area contributed by atoms with Crippen molar-refractivity contribution in [1.29, 1.82) is 0 Å². The number of nitrogens with zero attached hydrogens (tertiary/aromatic N) is 2. The highest BCUT2D eigenvalue weighted by Gasteiger charge is 2.21. The van der Waals surface area contributed by atoms with Gasteiger partial charge in [0.1, 0.15) is 0 Å². The first-order chi connectivity index (χ1) is 13.1. The van der Waals surface area contributed by atoms with Crippen LogP contribution in [0.25, 0.3) is 0 Å². The van der Waals surface area contributed by atoms with E-state index >= 15 is 0 Å². The molecule has 0 bridgehead atoms. The van der Waals surface area contributed by atoms with Crippen molar-refractivity contribution in [1.82, 2.24) is 15.0 Å². The Labute approximate surface area is 162 Å². The summed E-state index contributed by atoms with van der Waals surface area (Å²) in [5, 5.41) is 14.7. The molecule has 3 rings (SSSR count). The number of aryl methyl sites for hydroxylation is 3. The van der Waals surface area contributed by atoms with Crippen LogP contribution in [0.3, 0.4) is 0 Å². The number of H-pyrrole nitrogens is 2. The van der Waals surface area contributed by atoms with E-state index in [0.717, 1.165) is 34.9 Å². The number of aromatic nitrogens is 3. The smallest absolute Gasteiger partial charge is 0.313 e. The van der Waals surface area contributed by atoms with E-state index in [0.29, 0.717) is 18.8 Å². The molecule has 1 aromatic carbocycles. The summed E-state index contributed by atoms with van der Waals surface area (Å²) in [6, 6.07) is 10.0. The molecule has 0 radical (unpaired) electrons. The SMILES string of the molecule is Cc1[nH]cnc1CSCCNc1[nH]cc(CCc2ccccc2)c1[N+](=O)[O-]. The van der Waals surface area contributed by atoms with Crippen molar-refractivity contribution in [3.8, 4) is 0 Å². The number of aromatic amines is 2. The minimum absolute atomic E-state index is 0.152. The van der Waals surface area contributed by atoms with E-state index in [2.05, 4.69) is 20.3 Å². The molecular weight excluding hydrogens is 362 g/mol. The average Bonchev–Trinajstić information content (AvgIpc) is 3.26. The Hall–Kier alpha value is -2.74. The van der Waals surface area contributed by atoms with Crippen LogP contribution in [0.5, 0.6) is 0 Å². The van der Waals surface area contributed by atoms with Crippen molar-refractivity contribution in [2.45, 2.75) is 25.5 Å². The zero-order valence-corrected chi connectivity index (χ0v) is 16.0. The van der Waals surface area contributed by atoms with Crippen molar-refractivity contribution in [3.63, 3.8) is 0 Å². The van der Waals surface area contributed by atoms with Crippen molar-refractivity contribution >= 4 is 23.3 Å². The van der Waals surface area contributed by atoms with Crippen LogP contribution in [0.15, 0.2) is 42.9 Å². The Kier molecular flexibility index (Phi) is 6.54. The fourth-order valence-electron chi connectivity index (χ4n) is 2.86. The molecule has 8 heteroatoms. The second-order valence-corrected chi connectivity index (χ2v) is 7.34. The van der Waals surface area contributed by atoms with Crippen LogP contribution in [0.4, 0.5) is 11.5 Å². The molecule has 0 aliphatic heterocycles. The van der Waals surface area contributed by atoms with Gasteiger partial charge in [0.2, 0.25) is 0 Å². The number of benzene rings is 1. The molecule has 3 N–H and O–H groups in total. The maximum absolute atomic E-state index is 11.5. The predicted molar refractivity (Wildman–Crippen MR) is 109 cm³/mol. The normalized spacial score (nSPS) is 10.9. The highest BCUT2D eigenvalue weighted by molar-refractivity contribution is 7.98. The number of anilines is 1. The Morgan fingerprint density at radius 3 is 2.74 bits per heavy atom. The van der Waals surface area contributed by atoms with E-state index in [4.69, 9.17) is 0 Å². The second kappa shape index (κ2) is 9.27. The van der Waals surface area contributed by atoms with E-state index in [1.807, 2.05) is 37.3 Å². The van der Waals surface area contributed by atoms with Crippen LogP contribution < -0.4 is 5.32 Å². The lowest BCUT2D eigenvalue weighted by atomic mass is 10.1. The molecule has 0 aliphatic carbocycles. The molecule has 0 aliphatic rings. The van der Waals surface area contributed by atoms with Gasteiger partial charge in [-0.3, -0.25) is 10.1 Å². The Morgan fingerprint density at radius 1 is 1.22 bits per heavy atom. The summed E-state index contributed by atoms with van der Waals surface area (Å²) in [6.07, 6.45) is 4.84. The summed E-state index contributed by atoms with van der Waals surface area (Å²) < 4.78 is 0. The largest absolute Gasteiger partial charge is 0.365 e. The van der Waals surface area contributed by atoms with Gasteiger partial charge < -0.3 is 15.3 Å². The zero-order valence-electron chi connectivity index (χ0n) is 15.2. The van der Waals surface area contributed by atoms with Gasteiger partial charge in [-0.2, -0.15) is 11.8 Å². The van der Waals surface area contributed by atoms with Crippen LogP contribution in [-0.2, 0) is 18.6 Å². The second-order valence-electron chi connectivity index (χ2n) is 6.23. The van der Waals surface area contributed by atoms with Crippen molar-refractivity contribution in [2.75, 3.05) is 17.6 Å². The number of thioether (sulfide) groups is 1. The van der Waals surface area contributed by atoms with Crippen molar-refractivity contribution in [2.24, 2.45) is 0 Å². The van der Waals surface area contributed by atoms with Crippen LogP contribution >= 0.6 is 11.8 Å². The standard InChI is InChI=1S/C19H23N5O2S/c1-14-17(23-13-22-14)12-27-10-9-20-19-18(24(25)26)16(11-21-19)8-7-15-5-3-2-4-6-15/h2-6,11,13,20-21H,7-10,12H2,1H3,(H,22,23). The number of rotatable bonds is 10. The quantitative estimate of drug-likeness (QED) is 0.277. The first-order valence-electron chi connectivity index (χ1n) is 8.84. The minimum atomic E-state index is -0.306. The maximum atomic E-state index is 11.5. The lowest BCUT2D eigenvalue weighted by Gasteiger charge is -2.05. The number of hydrogen-bond donors (Lipinski definition) is 3. The van der Waals surface area contributed by atoms with Gasteiger partial charge >= 0.3 is 5.69 Å². The lowest BCUT2D eigenvalue weighted by molar-refractivity contribution is -0.384.